The van der Waals surface area contributed by atoms with Crippen LogP contribution in [0.2, 0.25) is 5.02 Å². The van der Waals surface area contributed by atoms with Gasteiger partial charge in [0.2, 0.25) is 10.0 Å². The molecule has 1 rings (SSSR count). The summed E-state index contributed by atoms with van der Waals surface area (Å²) < 4.78 is 37.8. The number of hydrogen-bond acceptors (Lipinski definition) is 4. The van der Waals surface area contributed by atoms with Crippen molar-refractivity contribution in [3.8, 4) is 6.07 Å². The topological polar surface area (TPSA) is 87.0 Å². The Balaban J connectivity index is 2.89. The van der Waals surface area contributed by atoms with Gasteiger partial charge in [-0.2, -0.15) is 5.26 Å². The SMILES string of the molecule is CC(CCS(C)=O)NS(=O)(=O)c1ccc(C#N)cc1Cl. The Labute approximate surface area is 126 Å². The highest BCUT2D eigenvalue weighted by Crippen LogP contribution is 2.22. The Morgan fingerprint density at radius 1 is 1.50 bits per heavy atom. The first-order chi connectivity index (χ1) is 9.26. The summed E-state index contributed by atoms with van der Waals surface area (Å²) in [6.07, 6.45) is 2.04. The van der Waals surface area contributed by atoms with E-state index in [-0.39, 0.29) is 16.0 Å². The number of nitrogens with zero attached hydrogens (tertiary/aromatic N) is 1. The molecule has 20 heavy (non-hydrogen) atoms. The first kappa shape index (κ1) is 17.1. The molecule has 0 aliphatic rings. The van der Waals surface area contributed by atoms with Crippen LogP contribution < -0.4 is 4.72 Å². The van der Waals surface area contributed by atoms with Crippen LogP contribution in [0, 0.1) is 11.3 Å². The van der Waals surface area contributed by atoms with E-state index < -0.39 is 20.8 Å². The van der Waals surface area contributed by atoms with Gasteiger partial charge in [-0.25, -0.2) is 13.1 Å². The number of rotatable bonds is 6. The molecular formula is C12H15ClN2O3S2. The van der Waals surface area contributed by atoms with Crippen molar-refractivity contribution in [2.45, 2.75) is 24.3 Å². The first-order valence-corrected chi connectivity index (χ1v) is 9.37. The van der Waals surface area contributed by atoms with Gasteiger partial charge in [0.15, 0.2) is 0 Å². The van der Waals surface area contributed by atoms with Gasteiger partial charge in [0.1, 0.15) is 4.90 Å². The molecule has 110 valence electrons. The monoisotopic (exact) mass is 334 g/mol. The molecule has 1 N–H and O–H groups in total. The van der Waals surface area contributed by atoms with Crippen molar-refractivity contribution in [3.05, 3.63) is 28.8 Å². The second-order valence-electron chi connectivity index (χ2n) is 4.35. The molecule has 0 radical (unpaired) electrons. The molecule has 1 aromatic rings. The predicted octanol–water partition coefficient (Wildman–Crippen LogP) is 1.65. The second-order valence-corrected chi connectivity index (χ2v) is 7.99. The molecule has 0 bridgehead atoms. The molecule has 0 saturated carbocycles. The van der Waals surface area contributed by atoms with Crippen molar-refractivity contribution in [3.63, 3.8) is 0 Å². The van der Waals surface area contributed by atoms with Crippen LogP contribution in [0.1, 0.15) is 18.9 Å². The Bertz CT molecular complexity index is 653. The molecule has 2 atom stereocenters. The van der Waals surface area contributed by atoms with Gasteiger partial charge in [0, 0.05) is 28.9 Å². The van der Waals surface area contributed by atoms with Gasteiger partial charge in [-0.05, 0) is 31.5 Å². The number of nitrogens with one attached hydrogen (secondary N) is 1. The van der Waals surface area contributed by atoms with Crippen molar-refractivity contribution in [2.24, 2.45) is 0 Å². The third-order valence-corrected chi connectivity index (χ3v) is 5.43. The molecule has 0 spiro atoms. The van der Waals surface area contributed by atoms with E-state index in [0.717, 1.165) is 0 Å². The summed E-state index contributed by atoms with van der Waals surface area (Å²) in [5, 5.41) is 8.72. The summed E-state index contributed by atoms with van der Waals surface area (Å²) in [7, 11) is -4.72. The van der Waals surface area contributed by atoms with E-state index in [1.807, 2.05) is 6.07 Å². The summed E-state index contributed by atoms with van der Waals surface area (Å²) in [5.41, 5.74) is 0.295. The number of sulfonamides is 1. The lowest BCUT2D eigenvalue weighted by Crippen LogP contribution is -2.33. The highest BCUT2D eigenvalue weighted by Gasteiger charge is 2.20. The summed E-state index contributed by atoms with van der Waals surface area (Å²) in [4.78, 5) is -0.0670. The van der Waals surface area contributed by atoms with Crippen LogP contribution in [0.5, 0.6) is 0 Å². The van der Waals surface area contributed by atoms with Crippen LogP contribution >= 0.6 is 11.6 Å². The maximum absolute atomic E-state index is 12.2. The Morgan fingerprint density at radius 2 is 2.15 bits per heavy atom. The van der Waals surface area contributed by atoms with E-state index >= 15 is 0 Å². The van der Waals surface area contributed by atoms with Crippen molar-refractivity contribution in [2.75, 3.05) is 12.0 Å². The molecule has 0 aromatic heterocycles. The third-order valence-electron chi connectivity index (χ3n) is 2.55. The maximum atomic E-state index is 12.2. The van der Waals surface area contributed by atoms with Crippen LogP contribution in [-0.2, 0) is 20.8 Å². The zero-order valence-corrected chi connectivity index (χ0v) is 13.5. The molecule has 0 saturated heterocycles. The average Bonchev–Trinajstić information content (AvgIpc) is 2.35. The Morgan fingerprint density at radius 3 is 2.65 bits per heavy atom. The highest BCUT2D eigenvalue weighted by atomic mass is 35.5. The van der Waals surface area contributed by atoms with Crippen molar-refractivity contribution < 1.29 is 12.6 Å². The van der Waals surface area contributed by atoms with Gasteiger partial charge in [0.05, 0.1) is 16.7 Å². The van der Waals surface area contributed by atoms with Crippen molar-refractivity contribution in [1.82, 2.24) is 4.72 Å². The van der Waals surface area contributed by atoms with E-state index in [0.29, 0.717) is 17.7 Å². The molecule has 5 nitrogen and oxygen atoms in total. The minimum atomic E-state index is -3.75. The van der Waals surface area contributed by atoms with E-state index in [9.17, 15) is 12.6 Å². The minimum absolute atomic E-state index is 0.00261. The normalized spacial score (nSPS) is 14.5. The summed E-state index contributed by atoms with van der Waals surface area (Å²) in [6.45, 7) is 1.70. The highest BCUT2D eigenvalue weighted by molar-refractivity contribution is 7.89. The second kappa shape index (κ2) is 7.18. The van der Waals surface area contributed by atoms with Gasteiger partial charge < -0.3 is 0 Å². The fraction of sp³-hybridized carbons (Fsp3) is 0.417. The van der Waals surface area contributed by atoms with Crippen LogP contribution in [0.15, 0.2) is 23.1 Å². The quantitative estimate of drug-likeness (QED) is 0.856. The fourth-order valence-electron chi connectivity index (χ4n) is 1.52. The maximum Gasteiger partial charge on any atom is 0.242 e. The lowest BCUT2D eigenvalue weighted by molar-refractivity contribution is 0.556. The van der Waals surface area contributed by atoms with E-state index in [1.54, 1.807) is 13.2 Å². The molecule has 0 amide bonds. The van der Waals surface area contributed by atoms with E-state index in [1.165, 1.54) is 18.2 Å². The number of halogens is 1. The Kier molecular flexibility index (Phi) is 6.14. The zero-order valence-electron chi connectivity index (χ0n) is 11.1. The molecule has 0 aliphatic heterocycles. The van der Waals surface area contributed by atoms with Gasteiger partial charge in [-0.1, -0.05) is 11.6 Å². The van der Waals surface area contributed by atoms with Gasteiger partial charge in [-0.3, -0.25) is 4.21 Å². The largest absolute Gasteiger partial charge is 0.260 e. The number of nitriles is 1. The summed E-state index contributed by atoms with van der Waals surface area (Å²) in [5.74, 6) is 0.421. The van der Waals surface area contributed by atoms with Gasteiger partial charge >= 0.3 is 0 Å². The smallest absolute Gasteiger partial charge is 0.242 e. The molecule has 8 heteroatoms. The van der Waals surface area contributed by atoms with Crippen LogP contribution in [0.25, 0.3) is 0 Å². The minimum Gasteiger partial charge on any atom is -0.260 e. The fourth-order valence-corrected chi connectivity index (χ4v) is 4.03. The lowest BCUT2D eigenvalue weighted by Gasteiger charge is -2.14. The van der Waals surface area contributed by atoms with Crippen molar-refractivity contribution >= 4 is 32.4 Å². The summed E-state index contributed by atoms with van der Waals surface area (Å²) in [6, 6.07) is 5.54. The van der Waals surface area contributed by atoms with E-state index in [4.69, 9.17) is 16.9 Å². The van der Waals surface area contributed by atoms with Crippen LogP contribution in [-0.4, -0.2) is 30.7 Å². The van der Waals surface area contributed by atoms with Crippen LogP contribution in [0.3, 0.4) is 0 Å². The molecular weight excluding hydrogens is 320 g/mol. The summed E-state index contributed by atoms with van der Waals surface area (Å²) >= 11 is 5.88. The first-order valence-electron chi connectivity index (χ1n) is 5.78. The predicted molar refractivity (Wildman–Crippen MR) is 79.5 cm³/mol. The number of benzene rings is 1. The molecule has 1 aromatic carbocycles. The zero-order chi connectivity index (χ0) is 15.3. The average molecular weight is 335 g/mol. The molecule has 2 unspecified atom stereocenters. The molecule has 0 aliphatic carbocycles. The van der Waals surface area contributed by atoms with E-state index in [2.05, 4.69) is 4.72 Å². The standard InChI is InChI=1S/C12H15ClN2O3S2/c1-9(5-6-19(2)16)15-20(17,18)12-4-3-10(8-14)7-11(12)13/h3-4,7,9,15H,5-6H2,1-2H3. The van der Waals surface area contributed by atoms with Crippen LogP contribution in [0.4, 0.5) is 0 Å². The third kappa shape index (κ3) is 4.87. The number of hydrogen-bond donors (Lipinski definition) is 1. The lowest BCUT2D eigenvalue weighted by atomic mass is 10.2. The molecule has 0 heterocycles. The van der Waals surface area contributed by atoms with Crippen molar-refractivity contribution in [1.29, 1.82) is 5.26 Å². The van der Waals surface area contributed by atoms with Gasteiger partial charge in [0.25, 0.3) is 0 Å². The van der Waals surface area contributed by atoms with Gasteiger partial charge in [-0.15, -0.1) is 0 Å². The Hall–Kier alpha value is -0.940. The molecule has 0 fully saturated rings.